The van der Waals surface area contributed by atoms with Gasteiger partial charge in [0, 0.05) is 0 Å². The largest absolute Gasteiger partial charge is 0.480 e. The monoisotopic (exact) mass is 220 g/mol. The van der Waals surface area contributed by atoms with E-state index in [0.29, 0.717) is 0 Å². The molecular weight excluding hydrogens is 204 g/mol. The summed E-state index contributed by atoms with van der Waals surface area (Å²) in [6, 6.07) is 7.87. The summed E-state index contributed by atoms with van der Waals surface area (Å²) in [5, 5.41) is 9.23. The first-order valence-corrected chi connectivity index (χ1v) is 5.59. The Bertz CT molecular complexity index is 377. The minimum atomic E-state index is -0.801. The Labute approximate surface area is 95.0 Å². The van der Waals surface area contributed by atoms with Gasteiger partial charge in [-0.2, -0.15) is 0 Å². The third kappa shape index (κ3) is 1.71. The Morgan fingerprint density at radius 3 is 2.38 bits per heavy atom. The molecular formula is C13H16O3. The summed E-state index contributed by atoms with van der Waals surface area (Å²) in [6.07, 6.45) is 2.14. The second kappa shape index (κ2) is 4.26. The second-order valence-corrected chi connectivity index (χ2v) is 4.33. The SMILES string of the molecule is CCCc1ccc(C2(C(=O)O)COC2)cc1. The normalized spacial score (nSPS) is 17.8. The number of aliphatic carboxylic acids is 1. The summed E-state index contributed by atoms with van der Waals surface area (Å²) in [5.41, 5.74) is 1.31. The minimum Gasteiger partial charge on any atom is -0.480 e. The van der Waals surface area contributed by atoms with Crippen LogP contribution in [0.2, 0.25) is 0 Å². The average molecular weight is 220 g/mol. The van der Waals surface area contributed by atoms with E-state index in [9.17, 15) is 9.90 Å². The van der Waals surface area contributed by atoms with Crippen LogP contribution in [0.5, 0.6) is 0 Å². The highest BCUT2D eigenvalue weighted by Crippen LogP contribution is 2.32. The van der Waals surface area contributed by atoms with Gasteiger partial charge < -0.3 is 9.84 Å². The quantitative estimate of drug-likeness (QED) is 0.844. The predicted molar refractivity (Wildman–Crippen MR) is 60.6 cm³/mol. The van der Waals surface area contributed by atoms with Gasteiger partial charge in [-0.25, -0.2) is 0 Å². The minimum absolute atomic E-state index is 0.287. The zero-order chi connectivity index (χ0) is 11.6. The number of carbonyl (C=O) groups is 1. The van der Waals surface area contributed by atoms with Crippen LogP contribution >= 0.6 is 0 Å². The molecule has 2 rings (SSSR count). The molecule has 1 fully saturated rings. The van der Waals surface area contributed by atoms with Crippen molar-refractivity contribution in [3.05, 3.63) is 35.4 Å². The van der Waals surface area contributed by atoms with Crippen LogP contribution in [0.1, 0.15) is 24.5 Å². The highest BCUT2D eigenvalue weighted by Gasteiger charge is 2.47. The van der Waals surface area contributed by atoms with E-state index in [0.717, 1.165) is 18.4 Å². The molecule has 0 saturated carbocycles. The Morgan fingerprint density at radius 2 is 2.00 bits per heavy atom. The molecule has 0 radical (unpaired) electrons. The highest BCUT2D eigenvalue weighted by atomic mass is 16.5. The topological polar surface area (TPSA) is 46.5 Å². The lowest BCUT2D eigenvalue weighted by Gasteiger charge is -2.37. The molecule has 1 aromatic rings. The van der Waals surface area contributed by atoms with Gasteiger partial charge in [0.15, 0.2) is 0 Å². The third-order valence-corrected chi connectivity index (χ3v) is 3.15. The standard InChI is InChI=1S/C13H16O3/c1-2-3-10-4-6-11(7-5-10)13(12(14)15)8-16-9-13/h4-7H,2-3,8-9H2,1H3,(H,14,15). The summed E-state index contributed by atoms with van der Waals surface area (Å²) in [4.78, 5) is 11.2. The lowest BCUT2D eigenvalue weighted by Crippen LogP contribution is -2.53. The molecule has 3 nitrogen and oxygen atoms in total. The number of benzene rings is 1. The van der Waals surface area contributed by atoms with Crippen LogP contribution < -0.4 is 0 Å². The third-order valence-electron chi connectivity index (χ3n) is 3.15. The van der Waals surface area contributed by atoms with Gasteiger partial charge in [0.05, 0.1) is 13.2 Å². The molecule has 1 heterocycles. The van der Waals surface area contributed by atoms with Crippen LogP contribution in [-0.2, 0) is 21.4 Å². The molecule has 86 valence electrons. The van der Waals surface area contributed by atoms with Crippen molar-refractivity contribution in [2.45, 2.75) is 25.2 Å². The number of hydrogen-bond donors (Lipinski definition) is 1. The zero-order valence-electron chi connectivity index (χ0n) is 9.40. The van der Waals surface area contributed by atoms with E-state index in [1.807, 2.05) is 24.3 Å². The number of aryl methyl sites for hydroxylation is 1. The molecule has 0 atom stereocenters. The van der Waals surface area contributed by atoms with Crippen molar-refractivity contribution in [3.63, 3.8) is 0 Å². The van der Waals surface area contributed by atoms with Crippen LogP contribution in [0.25, 0.3) is 0 Å². The molecule has 3 heteroatoms. The van der Waals surface area contributed by atoms with Crippen LogP contribution in [0.3, 0.4) is 0 Å². The smallest absolute Gasteiger partial charge is 0.318 e. The van der Waals surface area contributed by atoms with Crippen molar-refractivity contribution in [2.75, 3.05) is 13.2 Å². The molecule has 0 bridgehead atoms. The van der Waals surface area contributed by atoms with Gasteiger partial charge in [-0.3, -0.25) is 4.79 Å². The van der Waals surface area contributed by atoms with E-state index in [1.54, 1.807) is 0 Å². The van der Waals surface area contributed by atoms with Gasteiger partial charge in [0.2, 0.25) is 0 Å². The molecule has 1 aliphatic rings. The van der Waals surface area contributed by atoms with Crippen molar-refractivity contribution in [1.29, 1.82) is 0 Å². The summed E-state index contributed by atoms with van der Waals surface area (Å²) >= 11 is 0. The second-order valence-electron chi connectivity index (χ2n) is 4.33. The average Bonchev–Trinajstić information content (AvgIpc) is 2.18. The number of ether oxygens (including phenoxy) is 1. The van der Waals surface area contributed by atoms with Gasteiger partial charge in [0.1, 0.15) is 5.41 Å². The van der Waals surface area contributed by atoms with E-state index < -0.39 is 11.4 Å². The van der Waals surface area contributed by atoms with E-state index in [4.69, 9.17) is 4.74 Å². The maximum Gasteiger partial charge on any atom is 0.318 e. The van der Waals surface area contributed by atoms with Crippen molar-refractivity contribution in [2.24, 2.45) is 0 Å². The first kappa shape index (κ1) is 11.1. The Morgan fingerprint density at radius 1 is 1.38 bits per heavy atom. The van der Waals surface area contributed by atoms with Gasteiger partial charge in [0.25, 0.3) is 0 Å². The molecule has 0 spiro atoms. The summed E-state index contributed by atoms with van der Waals surface area (Å²) in [7, 11) is 0. The van der Waals surface area contributed by atoms with Crippen LogP contribution in [0.4, 0.5) is 0 Å². The van der Waals surface area contributed by atoms with Crippen molar-refractivity contribution in [3.8, 4) is 0 Å². The summed E-state index contributed by atoms with van der Waals surface area (Å²) < 4.78 is 5.05. The number of carboxylic acid groups (broad SMARTS) is 1. The van der Waals surface area contributed by atoms with Gasteiger partial charge in [-0.15, -0.1) is 0 Å². The van der Waals surface area contributed by atoms with Gasteiger partial charge in [-0.05, 0) is 17.5 Å². The lowest BCUT2D eigenvalue weighted by molar-refractivity contribution is -0.163. The highest BCUT2D eigenvalue weighted by molar-refractivity contribution is 5.82. The maximum atomic E-state index is 11.2. The first-order valence-electron chi connectivity index (χ1n) is 5.59. The fourth-order valence-corrected chi connectivity index (χ4v) is 2.00. The fraction of sp³-hybridized carbons (Fsp3) is 0.462. The fourth-order valence-electron chi connectivity index (χ4n) is 2.00. The number of carboxylic acids is 1. The van der Waals surface area contributed by atoms with Crippen LogP contribution in [-0.4, -0.2) is 24.3 Å². The summed E-state index contributed by atoms with van der Waals surface area (Å²) in [5.74, 6) is -0.790. The number of hydrogen-bond acceptors (Lipinski definition) is 2. The van der Waals surface area contributed by atoms with E-state index in [1.165, 1.54) is 5.56 Å². The molecule has 0 aromatic heterocycles. The molecule has 1 aliphatic heterocycles. The van der Waals surface area contributed by atoms with E-state index in [-0.39, 0.29) is 13.2 Å². The lowest BCUT2D eigenvalue weighted by atomic mass is 9.78. The van der Waals surface area contributed by atoms with Gasteiger partial charge in [-0.1, -0.05) is 37.6 Å². The Balaban J connectivity index is 2.23. The van der Waals surface area contributed by atoms with Crippen molar-refractivity contribution in [1.82, 2.24) is 0 Å². The maximum absolute atomic E-state index is 11.2. The van der Waals surface area contributed by atoms with E-state index >= 15 is 0 Å². The molecule has 16 heavy (non-hydrogen) atoms. The number of rotatable bonds is 4. The molecule has 1 saturated heterocycles. The van der Waals surface area contributed by atoms with Crippen molar-refractivity contribution >= 4 is 5.97 Å². The molecule has 1 N–H and O–H groups in total. The van der Waals surface area contributed by atoms with Crippen LogP contribution in [0.15, 0.2) is 24.3 Å². The van der Waals surface area contributed by atoms with E-state index in [2.05, 4.69) is 6.92 Å². The zero-order valence-corrected chi connectivity index (χ0v) is 9.40. The molecule has 0 aliphatic carbocycles. The Hall–Kier alpha value is -1.35. The van der Waals surface area contributed by atoms with Crippen LogP contribution in [0, 0.1) is 0 Å². The summed E-state index contributed by atoms with van der Waals surface area (Å²) in [6.45, 7) is 2.71. The molecule has 0 unspecified atom stereocenters. The first-order chi connectivity index (χ1) is 7.69. The predicted octanol–water partition coefficient (Wildman–Crippen LogP) is 1.99. The Kier molecular flexibility index (Phi) is 2.97. The molecule has 0 amide bonds. The van der Waals surface area contributed by atoms with Crippen molar-refractivity contribution < 1.29 is 14.6 Å². The molecule has 1 aromatic carbocycles. The van der Waals surface area contributed by atoms with Gasteiger partial charge >= 0.3 is 5.97 Å².